The highest BCUT2D eigenvalue weighted by molar-refractivity contribution is 5.77. The third-order valence-electron chi connectivity index (χ3n) is 4.73. The molecule has 1 aliphatic rings. The van der Waals surface area contributed by atoms with Crippen LogP contribution in [0.2, 0.25) is 0 Å². The number of hydrogen-bond acceptors (Lipinski definition) is 7. The maximum Gasteiger partial charge on any atom is 0.248 e. The van der Waals surface area contributed by atoms with E-state index in [1.165, 1.54) is 14.2 Å². The predicted octanol–water partition coefficient (Wildman–Crippen LogP) is 0.0129. The molecule has 0 spiro atoms. The monoisotopic (exact) mass is 390 g/mol. The molecule has 0 aromatic carbocycles. The van der Waals surface area contributed by atoms with Gasteiger partial charge in [0, 0.05) is 40.0 Å². The zero-order chi connectivity index (χ0) is 20.2. The summed E-state index contributed by atoms with van der Waals surface area (Å²) in [5.74, 6) is 0.315. The molecule has 3 N–H and O–H groups in total. The summed E-state index contributed by atoms with van der Waals surface area (Å²) >= 11 is 0. The zero-order valence-corrected chi connectivity index (χ0v) is 17.2. The van der Waals surface area contributed by atoms with Crippen molar-refractivity contribution in [3.63, 3.8) is 0 Å². The Bertz CT molecular complexity index is 410. The topological polar surface area (TPSA) is 100 Å². The van der Waals surface area contributed by atoms with E-state index >= 15 is 0 Å². The van der Waals surface area contributed by atoms with Crippen LogP contribution in [0.4, 0.5) is 0 Å². The van der Waals surface area contributed by atoms with Crippen LogP contribution in [0.3, 0.4) is 0 Å². The number of aliphatic hydroxyl groups is 2. The lowest BCUT2D eigenvalue weighted by Gasteiger charge is -2.34. The molecule has 0 aromatic heterocycles. The van der Waals surface area contributed by atoms with Gasteiger partial charge in [-0.3, -0.25) is 4.79 Å². The number of carbonyl (C=O) groups is 1. The van der Waals surface area contributed by atoms with E-state index in [-0.39, 0.29) is 31.7 Å². The lowest BCUT2D eigenvalue weighted by atomic mass is 10.0. The lowest BCUT2D eigenvalue weighted by molar-refractivity contribution is -0.142. The summed E-state index contributed by atoms with van der Waals surface area (Å²) in [6.45, 7) is 6.36. The maximum atomic E-state index is 12.6. The van der Waals surface area contributed by atoms with Crippen molar-refractivity contribution in [3.05, 3.63) is 0 Å². The van der Waals surface area contributed by atoms with E-state index < -0.39 is 18.3 Å². The highest BCUT2D eigenvalue weighted by Crippen LogP contribution is 2.12. The molecule has 1 aliphatic heterocycles. The van der Waals surface area contributed by atoms with E-state index in [1.54, 1.807) is 4.90 Å². The second-order valence-corrected chi connectivity index (χ2v) is 7.63. The van der Waals surface area contributed by atoms with Crippen molar-refractivity contribution in [2.45, 2.75) is 57.5 Å². The minimum absolute atomic E-state index is 0.0351. The van der Waals surface area contributed by atoms with Crippen LogP contribution in [0.5, 0.6) is 0 Å². The van der Waals surface area contributed by atoms with Gasteiger partial charge in [0.25, 0.3) is 0 Å². The van der Waals surface area contributed by atoms with Gasteiger partial charge in [-0.1, -0.05) is 13.8 Å². The Morgan fingerprint density at radius 3 is 2.63 bits per heavy atom. The number of hydrogen-bond donors (Lipinski definition) is 3. The van der Waals surface area contributed by atoms with Gasteiger partial charge in [0.05, 0.1) is 6.61 Å². The van der Waals surface area contributed by atoms with E-state index in [0.29, 0.717) is 19.1 Å². The zero-order valence-electron chi connectivity index (χ0n) is 17.2. The van der Waals surface area contributed by atoms with Crippen molar-refractivity contribution >= 4 is 5.91 Å². The summed E-state index contributed by atoms with van der Waals surface area (Å²) in [5.41, 5.74) is 0. The molecule has 1 amide bonds. The molecule has 1 fully saturated rings. The van der Waals surface area contributed by atoms with Crippen molar-refractivity contribution in [1.29, 1.82) is 0 Å². The van der Waals surface area contributed by atoms with Crippen LogP contribution in [0, 0.1) is 5.92 Å². The van der Waals surface area contributed by atoms with Crippen molar-refractivity contribution < 1.29 is 29.2 Å². The largest absolute Gasteiger partial charge is 0.388 e. The normalized spacial score (nSPS) is 29.5. The van der Waals surface area contributed by atoms with Crippen molar-refractivity contribution in [2.75, 3.05) is 53.7 Å². The van der Waals surface area contributed by atoms with Gasteiger partial charge in [-0.05, 0) is 31.7 Å². The highest BCUT2D eigenvalue weighted by Gasteiger charge is 2.31. The smallest absolute Gasteiger partial charge is 0.248 e. The molecule has 0 unspecified atom stereocenters. The van der Waals surface area contributed by atoms with Gasteiger partial charge in [-0.15, -0.1) is 0 Å². The van der Waals surface area contributed by atoms with Crippen molar-refractivity contribution in [3.8, 4) is 0 Å². The molecule has 4 atom stereocenters. The number of nitrogens with zero attached hydrogens (tertiary/aromatic N) is 1. The molecule has 0 bridgehead atoms. The first-order chi connectivity index (χ1) is 12.9. The molecule has 1 rings (SSSR count). The van der Waals surface area contributed by atoms with Gasteiger partial charge < -0.3 is 34.6 Å². The third-order valence-corrected chi connectivity index (χ3v) is 4.73. The molecule has 0 aliphatic carbocycles. The highest BCUT2D eigenvalue weighted by atomic mass is 16.5. The molecule has 160 valence electrons. The fourth-order valence-electron chi connectivity index (χ4n) is 3.28. The summed E-state index contributed by atoms with van der Waals surface area (Å²) in [6, 6.07) is 0.134. The Labute approximate surface area is 163 Å². The van der Waals surface area contributed by atoms with Crippen LogP contribution < -0.4 is 5.32 Å². The number of aliphatic hydroxyl groups excluding tert-OH is 2. The van der Waals surface area contributed by atoms with E-state index in [0.717, 1.165) is 25.8 Å². The molecule has 0 saturated carbocycles. The van der Waals surface area contributed by atoms with Gasteiger partial charge in [0.2, 0.25) is 5.91 Å². The molecule has 8 nitrogen and oxygen atoms in total. The molecular weight excluding hydrogens is 352 g/mol. The van der Waals surface area contributed by atoms with Gasteiger partial charge in [-0.25, -0.2) is 0 Å². The first-order valence-electron chi connectivity index (χ1n) is 9.85. The average molecular weight is 391 g/mol. The van der Waals surface area contributed by atoms with Crippen molar-refractivity contribution in [1.82, 2.24) is 10.2 Å². The Hall–Kier alpha value is -0.770. The predicted molar refractivity (Wildman–Crippen MR) is 103 cm³/mol. The van der Waals surface area contributed by atoms with Crippen LogP contribution >= 0.6 is 0 Å². The Kier molecular flexibility index (Phi) is 12.1. The lowest BCUT2D eigenvalue weighted by Crippen LogP contribution is -2.52. The Morgan fingerprint density at radius 2 is 2.00 bits per heavy atom. The molecular formula is C19H38N2O6. The second-order valence-electron chi connectivity index (χ2n) is 7.63. The Morgan fingerprint density at radius 1 is 1.26 bits per heavy atom. The first kappa shape index (κ1) is 24.3. The Balaban J connectivity index is 2.97. The minimum atomic E-state index is -1.15. The first-order valence-corrected chi connectivity index (χ1v) is 9.85. The quantitative estimate of drug-likeness (QED) is 0.608. The molecule has 8 heteroatoms. The summed E-state index contributed by atoms with van der Waals surface area (Å²) in [7, 11) is 2.95. The summed E-state index contributed by atoms with van der Waals surface area (Å²) in [6.07, 6.45) is -0.193. The molecule has 1 saturated heterocycles. The van der Waals surface area contributed by atoms with Crippen LogP contribution in [-0.2, 0) is 19.0 Å². The molecule has 27 heavy (non-hydrogen) atoms. The number of methoxy groups -OCH3 is 2. The van der Waals surface area contributed by atoms with Crippen molar-refractivity contribution in [2.24, 2.45) is 5.92 Å². The number of rotatable bonds is 5. The van der Waals surface area contributed by atoms with Crippen LogP contribution in [0.1, 0.15) is 33.1 Å². The molecule has 0 aromatic rings. The van der Waals surface area contributed by atoms with Crippen LogP contribution in [-0.4, -0.2) is 99.0 Å². The SMILES string of the molecule is COCC(=O)N1C[C@H](CC(C)C)NCCCCOC[C@@H](O)[C@@H](O)[C@H](OC)C1. The van der Waals surface area contributed by atoms with E-state index in [1.807, 2.05) is 0 Å². The number of amides is 1. The minimum Gasteiger partial charge on any atom is -0.388 e. The van der Waals surface area contributed by atoms with Gasteiger partial charge in [-0.2, -0.15) is 0 Å². The third kappa shape index (κ3) is 9.32. The van der Waals surface area contributed by atoms with E-state index in [9.17, 15) is 15.0 Å². The fourth-order valence-corrected chi connectivity index (χ4v) is 3.28. The summed E-state index contributed by atoms with van der Waals surface area (Å²) in [5, 5.41) is 24.2. The van der Waals surface area contributed by atoms with Gasteiger partial charge >= 0.3 is 0 Å². The fraction of sp³-hybridized carbons (Fsp3) is 0.947. The molecule has 1 heterocycles. The maximum absolute atomic E-state index is 12.6. The number of nitrogens with one attached hydrogen (secondary N) is 1. The second kappa shape index (κ2) is 13.4. The average Bonchev–Trinajstić information content (AvgIpc) is 2.62. The van der Waals surface area contributed by atoms with Crippen LogP contribution in [0.15, 0.2) is 0 Å². The van der Waals surface area contributed by atoms with E-state index in [4.69, 9.17) is 14.2 Å². The standard InChI is InChI=1S/C19H38N2O6/c1-14(2)9-15-10-21(18(23)13-25-3)11-17(26-4)19(24)16(22)12-27-8-6-5-7-20-15/h14-17,19-20,22,24H,5-13H2,1-4H3/t15-,16+,17+,19+/m0/s1. The van der Waals surface area contributed by atoms with Crippen LogP contribution in [0.25, 0.3) is 0 Å². The van der Waals surface area contributed by atoms with Gasteiger partial charge in [0.1, 0.15) is 24.9 Å². The molecule has 0 radical (unpaired) electrons. The summed E-state index contributed by atoms with van der Waals surface area (Å²) in [4.78, 5) is 14.2. The number of ether oxygens (including phenoxy) is 3. The number of carbonyl (C=O) groups excluding carboxylic acids is 1. The van der Waals surface area contributed by atoms with Gasteiger partial charge in [0.15, 0.2) is 0 Å². The van der Waals surface area contributed by atoms with E-state index in [2.05, 4.69) is 19.2 Å². The summed E-state index contributed by atoms with van der Waals surface area (Å²) < 4.78 is 15.9.